The summed E-state index contributed by atoms with van der Waals surface area (Å²) in [4.78, 5) is 10.2. The van der Waals surface area contributed by atoms with Crippen LogP contribution >= 0.6 is 0 Å². The Labute approximate surface area is 99.4 Å². The monoisotopic (exact) mass is 233 g/mol. The molecular weight excluding hydrogens is 218 g/mol. The summed E-state index contributed by atoms with van der Waals surface area (Å²) in [6, 6.07) is 3.78. The number of nitrogens with two attached hydrogens (primary N) is 1. The van der Waals surface area contributed by atoms with E-state index in [2.05, 4.69) is 15.4 Å². The summed E-state index contributed by atoms with van der Waals surface area (Å²) in [5.74, 6) is 7.39. The lowest BCUT2D eigenvalue weighted by Gasteiger charge is -2.17. The van der Waals surface area contributed by atoms with Crippen LogP contribution in [0.15, 0.2) is 29.0 Å². The highest BCUT2D eigenvalue weighted by Crippen LogP contribution is 2.16. The minimum Gasteiger partial charge on any atom is -0.469 e. The van der Waals surface area contributed by atoms with Gasteiger partial charge in [-0.1, -0.05) is 0 Å². The number of nitrogens with zero attached hydrogens (tertiary/aromatic N) is 3. The van der Waals surface area contributed by atoms with E-state index >= 15 is 0 Å². The Morgan fingerprint density at radius 3 is 2.94 bits per heavy atom. The van der Waals surface area contributed by atoms with Gasteiger partial charge in [0, 0.05) is 25.4 Å². The van der Waals surface area contributed by atoms with E-state index in [9.17, 15) is 0 Å². The molecule has 3 N–H and O–H groups in total. The van der Waals surface area contributed by atoms with Crippen molar-refractivity contribution in [2.75, 3.05) is 17.4 Å². The predicted molar refractivity (Wildman–Crippen MR) is 65.4 cm³/mol. The molecule has 2 aromatic rings. The van der Waals surface area contributed by atoms with Crippen molar-refractivity contribution in [1.29, 1.82) is 0 Å². The van der Waals surface area contributed by atoms with Crippen molar-refractivity contribution in [3.05, 3.63) is 35.9 Å². The number of nitrogens with one attached hydrogen (secondary N) is 1. The third kappa shape index (κ3) is 2.54. The molecule has 0 aliphatic rings. The van der Waals surface area contributed by atoms with E-state index in [1.54, 1.807) is 12.5 Å². The molecule has 2 heterocycles. The zero-order chi connectivity index (χ0) is 12.3. The molecule has 0 aliphatic carbocycles. The van der Waals surface area contributed by atoms with Crippen molar-refractivity contribution in [2.24, 2.45) is 5.84 Å². The third-order valence-electron chi connectivity index (χ3n) is 2.53. The van der Waals surface area contributed by atoms with Crippen molar-refractivity contribution in [1.82, 2.24) is 9.97 Å². The molecule has 0 amide bonds. The van der Waals surface area contributed by atoms with E-state index in [0.717, 1.165) is 23.7 Å². The van der Waals surface area contributed by atoms with Crippen LogP contribution < -0.4 is 16.2 Å². The number of nitrogen functional groups attached to an aromatic ring is 1. The van der Waals surface area contributed by atoms with E-state index in [-0.39, 0.29) is 0 Å². The number of furan rings is 1. The molecule has 0 saturated heterocycles. The van der Waals surface area contributed by atoms with Gasteiger partial charge in [0.2, 0.25) is 5.95 Å². The van der Waals surface area contributed by atoms with Gasteiger partial charge in [-0.05, 0) is 19.1 Å². The first-order valence-electron chi connectivity index (χ1n) is 5.24. The van der Waals surface area contributed by atoms with Crippen molar-refractivity contribution in [3.8, 4) is 0 Å². The highest BCUT2D eigenvalue weighted by molar-refractivity contribution is 5.42. The van der Waals surface area contributed by atoms with Gasteiger partial charge < -0.3 is 9.32 Å². The first kappa shape index (κ1) is 11.4. The second-order valence-corrected chi connectivity index (χ2v) is 3.74. The summed E-state index contributed by atoms with van der Waals surface area (Å²) < 4.78 is 5.25. The van der Waals surface area contributed by atoms with E-state index in [4.69, 9.17) is 10.3 Å². The topological polar surface area (TPSA) is 80.2 Å². The van der Waals surface area contributed by atoms with Gasteiger partial charge in [-0.15, -0.1) is 0 Å². The second-order valence-electron chi connectivity index (χ2n) is 3.74. The van der Waals surface area contributed by atoms with E-state index in [1.165, 1.54) is 0 Å². The van der Waals surface area contributed by atoms with Crippen LogP contribution in [0.2, 0.25) is 0 Å². The van der Waals surface area contributed by atoms with Crippen LogP contribution in [0.5, 0.6) is 0 Å². The Balaban J connectivity index is 2.14. The summed E-state index contributed by atoms with van der Waals surface area (Å²) in [5.41, 5.74) is 3.56. The van der Waals surface area contributed by atoms with E-state index in [0.29, 0.717) is 5.95 Å². The van der Waals surface area contributed by atoms with Gasteiger partial charge in [-0.25, -0.2) is 10.8 Å². The second kappa shape index (κ2) is 4.84. The maximum Gasteiger partial charge on any atom is 0.239 e. The Morgan fingerprint density at radius 2 is 2.29 bits per heavy atom. The highest BCUT2D eigenvalue weighted by atomic mass is 16.3. The number of anilines is 2. The normalized spacial score (nSPS) is 10.3. The number of aromatic nitrogens is 2. The Hall–Kier alpha value is -2.08. The first-order chi connectivity index (χ1) is 8.20. The molecule has 0 atom stereocenters. The van der Waals surface area contributed by atoms with E-state index < -0.39 is 0 Å². The van der Waals surface area contributed by atoms with Crippen LogP contribution in [0.3, 0.4) is 0 Å². The first-order valence-corrected chi connectivity index (χ1v) is 5.24. The maximum atomic E-state index is 5.27. The molecule has 0 unspecified atom stereocenters. The standard InChI is InChI=1S/C11H15N5O/c1-8-9(4-6-17-8)7-16(2)10-3-5-13-11(14-10)15-12/h3-6H,7,12H2,1-2H3,(H,13,14,15). The predicted octanol–water partition coefficient (Wildman–Crippen LogP) is 1.30. The van der Waals surface area contributed by atoms with E-state index in [1.807, 2.05) is 31.0 Å². The number of rotatable bonds is 4. The van der Waals surface area contributed by atoms with Crippen LogP contribution in [0, 0.1) is 6.92 Å². The van der Waals surface area contributed by atoms with Gasteiger partial charge in [0.1, 0.15) is 11.6 Å². The molecule has 90 valence electrons. The lowest BCUT2D eigenvalue weighted by Crippen LogP contribution is -2.19. The summed E-state index contributed by atoms with van der Waals surface area (Å²) in [5, 5.41) is 0. The van der Waals surface area contributed by atoms with Gasteiger partial charge in [0.15, 0.2) is 0 Å². The third-order valence-corrected chi connectivity index (χ3v) is 2.53. The molecular formula is C11H15N5O. The largest absolute Gasteiger partial charge is 0.469 e. The maximum absolute atomic E-state index is 5.27. The average Bonchev–Trinajstić information content (AvgIpc) is 2.75. The van der Waals surface area contributed by atoms with Crippen LogP contribution in [0.25, 0.3) is 0 Å². The Morgan fingerprint density at radius 1 is 1.47 bits per heavy atom. The molecule has 0 bridgehead atoms. The van der Waals surface area contributed by atoms with Gasteiger partial charge >= 0.3 is 0 Å². The molecule has 0 spiro atoms. The fourth-order valence-corrected chi connectivity index (χ4v) is 1.54. The highest BCUT2D eigenvalue weighted by Gasteiger charge is 2.08. The van der Waals surface area contributed by atoms with Crippen molar-refractivity contribution in [3.63, 3.8) is 0 Å². The molecule has 0 aliphatic heterocycles. The number of hydrazine groups is 1. The molecule has 0 saturated carbocycles. The molecule has 17 heavy (non-hydrogen) atoms. The summed E-state index contributed by atoms with van der Waals surface area (Å²) in [6.45, 7) is 2.67. The average molecular weight is 233 g/mol. The number of aryl methyl sites for hydroxylation is 1. The van der Waals surface area contributed by atoms with Crippen molar-refractivity contribution < 1.29 is 4.42 Å². The quantitative estimate of drug-likeness (QED) is 0.612. The van der Waals surface area contributed by atoms with Gasteiger partial charge in [0.25, 0.3) is 0 Å². The molecule has 6 heteroatoms. The van der Waals surface area contributed by atoms with Crippen LogP contribution in [0.4, 0.5) is 11.8 Å². The van der Waals surface area contributed by atoms with Crippen LogP contribution in [0.1, 0.15) is 11.3 Å². The Kier molecular flexibility index (Phi) is 3.24. The van der Waals surface area contributed by atoms with Gasteiger partial charge in [-0.3, -0.25) is 5.43 Å². The van der Waals surface area contributed by atoms with Crippen molar-refractivity contribution in [2.45, 2.75) is 13.5 Å². The fourth-order valence-electron chi connectivity index (χ4n) is 1.54. The van der Waals surface area contributed by atoms with Gasteiger partial charge in [0.05, 0.1) is 6.26 Å². The lowest BCUT2D eigenvalue weighted by molar-refractivity contribution is 0.529. The Bertz CT molecular complexity index is 496. The van der Waals surface area contributed by atoms with Gasteiger partial charge in [-0.2, -0.15) is 4.98 Å². The molecule has 2 rings (SSSR count). The SMILES string of the molecule is Cc1occc1CN(C)c1ccnc(NN)n1. The molecule has 6 nitrogen and oxygen atoms in total. The molecule has 0 aromatic carbocycles. The smallest absolute Gasteiger partial charge is 0.239 e. The lowest BCUT2D eigenvalue weighted by atomic mass is 10.2. The summed E-state index contributed by atoms with van der Waals surface area (Å²) in [6.07, 6.45) is 3.35. The summed E-state index contributed by atoms with van der Waals surface area (Å²) >= 11 is 0. The fraction of sp³-hybridized carbons (Fsp3) is 0.273. The van der Waals surface area contributed by atoms with Crippen LogP contribution in [-0.4, -0.2) is 17.0 Å². The zero-order valence-electron chi connectivity index (χ0n) is 9.84. The summed E-state index contributed by atoms with van der Waals surface area (Å²) in [7, 11) is 1.95. The van der Waals surface area contributed by atoms with Crippen molar-refractivity contribution >= 4 is 11.8 Å². The molecule has 0 radical (unpaired) electrons. The minimum absolute atomic E-state index is 0.401. The minimum atomic E-state index is 0.401. The molecule has 2 aromatic heterocycles. The van der Waals surface area contributed by atoms with Crippen LogP contribution in [-0.2, 0) is 6.54 Å². The number of hydrogen-bond donors (Lipinski definition) is 2. The number of hydrogen-bond acceptors (Lipinski definition) is 6. The zero-order valence-corrected chi connectivity index (χ0v) is 9.84. The molecule has 0 fully saturated rings.